The summed E-state index contributed by atoms with van der Waals surface area (Å²) in [5, 5.41) is 6.26. The molecule has 2 amide bonds. The molecule has 2 fully saturated rings. The zero-order chi connectivity index (χ0) is 22.6. The molecule has 0 spiro atoms. The molecule has 2 aliphatic carbocycles. The molecule has 2 saturated carbocycles. The number of benzene rings is 2. The van der Waals surface area contributed by atoms with Crippen molar-refractivity contribution in [1.29, 1.82) is 0 Å². The average molecular weight is 445 g/mol. The molecule has 0 aliphatic heterocycles. The van der Waals surface area contributed by atoms with E-state index in [2.05, 4.69) is 15.6 Å². The van der Waals surface area contributed by atoms with Gasteiger partial charge in [0.15, 0.2) is 0 Å². The Balaban J connectivity index is 1.44. The Morgan fingerprint density at radius 2 is 1.42 bits per heavy atom. The number of hydrogen-bond acceptors (Lipinski definition) is 3. The Bertz CT molecular complexity index is 1110. The zero-order valence-corrected chi connectivity index (χ0v) is 19.0. The SMILES string of the molecule is O=C(Nc1ccc(NC(=O)C2CCCCC2)c(-c2nc3ccccc3[nH]2)c1)C1CCCCC1. The molecular formula is C27H32N4O2. The molecule has 0 unspecified atom stereocenters. The topological polar surface area (TPSA) is 86.9 Å². The van der Waals surface area contributed by atoms with Gasteiger partial charge in [0.1, 0.15) is 5.82 Å². The lowest BCUT2D eigenvalue weighted by Gasteiger charge is -2.22. The van der Waals surface area contributed by atoms with Crippen molar-refractivity contribution in [2.24, 2.45) is 11.8 Å². The molecule has 5 rings (SSSR count). The smallest absolute Gasteiger partial charge is 0.227 e. The molecule has 1 heterocycles. The number of carbonyl (C=O) groups is 2. The van der Waals surface area contributed by atoms with E-state index < -0.39 is 0 Å². The third-order valence-electron chi connectivity index (χ3n) is 7.14. The summed E-state index contributed by atoms with van der Waals surface area (Å²) in [6.07, 6.45) is 10.7. The van der Waals surface area contributed by atoms with Gasteiger partial charge in [-0.25, -0.2) is 4.98 Å². The van der Waals surface area contributed by atoms with E-state index in [0.717, 1.165) is 79.3 Å². The predicted molar refractivity (Wildman–Crippen MR) is 132 cm³/mol. The molecule has 3 N–H and O–H groups in total. The van der Waals surface area contributed by atoms with Gasteiger partial charge in [0.2, 0.25) is 11.8 Å². The summed E-state index contributed by atoms with van der Waals surface area (Å²) < 4.78 is 0. The Morgan fingerprint density at radius 1 is 0.788 bits per heavy atom. The molecule has 6 heteroatoms. The first-order chi connectivity index (χ1) is 16.2. The number of carbonyl (C=O) groups excluding carboxylic acids is 2. The summed E-state index contributed by atoms with van der Waals surface area (Å²) in [6.45, 7) is 0. The highest BCUT2D eigenvalue weighted by atomic mass is 16.2. The number of rotatable bonds is 5. The second-order valence-electron chi connectivity index (χ2n) is 9.51. The number of H-pyrrole nitrogens is 1. The van der Waals surface area contributed by atoms with Crippen molar-refractivity contribution in [3.8, 4) is 11.4 Å². The highest BCUT2D eigenvalue weighted by Gasteiger charge is 2.24. The number of amides is 2. The van der Waals surface area contributed by atoms with Gasteiger partial charge in [0, 0.05) is 23.1 Å². The molecule has 2 aliphatic rings. The van der Waals surface area contributed by atoms with Crippen LogP contribution in [0.5, 0.6) is 0 Å². The van der Waals surface area contributed by atoms with E-state index in [4.69, 9.17) is 4.98 Å². The summed E-state index contributed by atoms with van der Waals surface area (Å²) in [6, 6.07) is 13.6. The van der Waals surface area contributed by atoms with Crippen molar-refractivity contribution in [3.63, 3.8) is 0 Å². The molecule has 0 atom stereocenters. The van der Waals surface area contributed by atoms with Gasteiger partial charge in [-0.15, -0.1) is 0 Å². The summed E-state index contributed by atoms with van der Waals surface area (Å²) in [4.78, 5) is 33.9. The van der Waals surface area contributed by atoms with Crippen molar-refractivity contribution >= 4 is 34.2 Å². The van der Waals surface area contributed by atoms with Crippen LogP contribution in [0.3, 0.4) is 0 Å². The maximum atomic E-state index is 13.0. The average Bonchev–Trinajstić information content (AvgIpc) is 3.30. The molecule has 172 valence electrons. The Hall–Kier alpha value is -3.15. The minimum atomic E-state index is 0.0629. The largest absolute Gasteiger partial charge is 0.338 e. The standard InChI is InChI=1S/C27H32N4O2/c32-26(18-9-3-1-4-10-18)28-20-15-16-22(31-27(33)19-11-5-2-6-12-19)21(17-20)25-29-23-13-7-8-14-24(23)30-25/h7-8,13-19H,1-6,9-12H2,(H,28,32)(H,29,30)(H,31,33). The quantitative estimate of drug-likeness (QED) is 0.433. The summed E-state index contributed by atoms with van der Waals surface area (Å²) in [5.74, 6) is 0.992. The Labute approximate surface area is 194 Å². The first-order valence-electron chi connectivity index (χ1n) is 12.4. The van der Waals surface area contributed by atoms with Crippen molar-refractivity contribution in [2.45, 2.75) is 64.2 Å². The van der Waals surface area contributed by atoms with Crippen molar-refractivity contribution in [2.75, 3.05) is 10.6 Å². The number of nitrogens with zero attached hydrogens (tertiary/aromatic N) is 1. The third-order valence-corrected chi connectivity index (χ3v) is 7.14. The fraction of sp³-hybridized carbons (Fsp3) is 0.444. The highest BCUT2D eigenvalue weighted by molar-refractivity contribution is 5.99. The van der Waals surface area contributed by atoms with Crippen LogP contribution in [-0.2, 0) is 9.59 Å². The second kappa shape index (κ2) is 9.77. The van der Waals surface area contributed by atoms with Crippen LogP contribution in [-0.4, -0.2) is 21.8 Å². The van der Waals surface area contributed by atoms with Crippen LogP contribution in [0.4, 0.5) is 11.4 Å². The first-order valence-corrected chi connectivity index (χ1v) is 12.4. The number of aromatic amines is 1. The van der Waals surface area contributed by atoms with Gasteiger partial charge in [-0.1, -0.05) is 50.7 Å². The lowest BCUT2D eigenvalue weighted by Crippen LogP contribution is -2.25. The lowest BCUT2D eigenvalue weighted by molar-refractivity contribution is -0.121. The predicted octanol–water partition coefficient (Wildman–Crippen LogP) is 6.27. The summed E-state index contributed by atoms with van der Waals surface area (Å²) in [5.41, 5.74) is 4.05. The maximum absolute atomic E-state index is 13.0. The number of hydrogen-bond donors (Lipinski definition) is 3. The zero-order valence-electron chi connectivity index (χ0n) is 19.0. The first kappa shape index (κ1) is 21.7. The number of nitrogens with one attached hydrogen (secondary N) is 3. The van der Waals surface area contributed by atoms with Crippen molar-refractivity contribution in [3.05, 3.63) is 42.5 Å². The monoisotopic (exact) mass is 444 g/mol. The van der Waals surface area contributed by atoms with Crippen LogP contribution >= 0.6 is 0 Å². The highest BCUT2D eigenvalue weighted by Crippen LogP contribution is 2.33. The van der Waals surface area contributed by atoms with Crippen LogP contribution in [0.2, 0.25) is 0 Å². The van der Waals surface area contributed by atoms with Gasteiger partial charge in [0.25, 0.3) is 0 Å². The molecule has 0 radical (unpaired) electrons. The van der Waals surface area contributed by atoms with Crippen LogP contribution in [0.15, 0.2) is 42.5 Å². The van der Waals surface area contributed by atoms with Gasteiger partial charge >= 0.3 is 0 Å². The minimum absolute atomic E-state index is 0.0629. The molecular weight excluding hydrogens is 412 g/mol. The molecule has 3 aromatic rings. The normalized spacial score (nSPS) is 17.7. The van der Waals surface area contributed by atoms with Gasteiger partial charge in [-0.2, -0.15) is 0 Å². The second-order valence-corrected chi connectivity index (χ2v) is 9.51. The Morgan fingerprint density at radius 3 is 2.09 bits per heavy atom. The minimum Gasteiger partial charge on any atom is -0.338 e. The lowest BCUT2D eigenvalue weighted by atomic mass is 9.88. The van der Waals surface area contributed by atoms with E-state index in [1.807, 2.05) is 42.5 Å². The number of fused-ring (bicyclic) bond motifs is 1. The van der Waals surface area contributed by atoms with Crippen LogP contribution in [0, 0.1) is 11.8 Å². The van der Waals surface area contributed by atoms with Crippen molar-refractivity contribution < 1.29 is 9.59 Å². The molecule has 2 aromatic carbocycles. The van der Waals surface area contributed by atoms with Gasteiger partial charge < -0.3 is 15.6 Å². The van der Waals surface area contributed by atoms with Gasteiger partial charge in [-0.05, 0) is 56.0 Å². The number of para-hydroxylation sites is 2. The molecule has 6 nitrogen and oxygen atoms in total. The summed E-state index contributed by atoms with van der Waals surface area (Å²) >= 11 is 0. The summed E-state index contributed by atoms with van der Waals surface area (Å²) in [7, 11) is 0. The van der Waals surface area contributed by atoms with Crippen molar-refractivity contribution in [1.82, 2.24) is 9.97 Å². The fourth-order valence-corrected chi connectivity index (χ4v) is 5.22. The molecule has 1 aromatic heterocycles. The van der Waals surface area contributed by atoms with E-state index in [0.29, 0.717) is 5.82 Å². The number of aromatic nitrogens is 2. The number of anilines is 2. The van der Waals surface area contributed by atoms with E-state index in [-0.39, 0.29) is 23.7 Å². The van der Waals surface area contributed by atoms with E-state index >= 15 is 0 Å². The van der Waals surface area contributed by atoms with E-state index in [9.17, 15) is 9.59 Å². The van der Waals surface area contributed by atoms with Crippen LogP contribution in [0.25, 0.3) is 22.4 Å². The Kier molecular flexibility index (Phi) is 6.42. The fourth-order valence-electron chi connectivity index (χ4n) is 5.22. The van der Waals surface area contributed by atoms with Crippen LogP contribution in [0.1, 0.15) is 64.2 Å². The molecule has 0 bridgehead atoms. The maximum Gasteiger partial charge on any atom is 0.227 e. The van der Waals surface area contributed by atoms with Gasteiger partial charge in [0.05, 0.1) is 16.7 Å². The number of imidazole rings is 1. The van der Waals surface area contributed by atoms with E-state index in [1.54, 1.807) is 0 Å². The third kappa shape index (κ3) is 4.95. The molecule has 0 saturated heterocycles. The molecule has 33 heavy (non-hydrogen) atoms. The van der Waals surface area contributed by atoms with E-state index in [1.165, 1.54) is 12.8 Å². The van der Waals surface area contributed by atoms with Gasteiger partial charge in [-0.3, -0.25) is 9.59 Å². The van der Waals surface area contributed by atoms with Crippen LogP contribution < -0.4 is 10.6 Å².